The lowest BCUT2D eigenvalue weighted by molar-refractivity contribution is 0.334. The summed E-state index contributed by atoms with van der Waals surface area (Å²) in [5, 5.41) is 4.16. The molecule has 2 rings (SSSR count). The number of hydrogen-bond donors (Lipinski definition) is 1. The Labute approximate surface area is 160 Å². The second-order valence-corrected chi connectivity index (χ2v) is 7.66. The van der Waals surface area contributed by atoms with Crippen molar-refractivity contribution in [3.63, 3.8) is 0 Å². The van der Waals surface area contributed by atoms with Gasteiger partial charge in [-0.1, -0.05) is 27.5 Å². The van der Waals surface area contributed by atoms with Gasteiger partial charge < -0.3 is 10.1 Å². The molecule has 0 aromatic heterocycles. The zero-order valence-electron chi connectivity index (χ0n) is 11.2. The highest BCUT2D eigenvalue weighted by Gasteiger charge is 2.10. The molecule has 0 atom stereocenters. The fourth-order valence-electron chi connectivity index (χ4n) is 1.87. The molecular weight excluding hydrogens is 532 g/mol. The molecule has 2 nitrogen and oxygen atoms in total. The molecule has 0 spiro atoms. The second-order valence-electron chi connectivity index (χ2n) is 4.29. The van der Waals surface area contributed by atoms with Crippen molar-refractivity contribution in [2.24, 2.45) is 0 Å². The van der Waals surface area contributed by atoms with Gasteiger partial charge in [-0.05, 0) is 75.8 Å². The second kappa shape index (κ2) is 8.04. The largest absolute Gasteiger partial charge is 0.492 e. The van der Waals surface area contributed by atoms with Crippen LogP contribution in [0.15, 0.2) is 39.3 Å². The van der Waals surface area contributed by atoms with E-state index in [9.17, 15) is 0 Å². The molecule has 0 amide bonds. The van der Waals surface area contributed by atoms with Gasteiger partial charge in [-0.25, -0.2) is 0 Å². The number of hydrogen-bond acceptors (Lipinski definition) is 2. The Morgan fingerprint density at radius 3 is 2.67 bits per heavy atom. The normalized spacial score (nSPS) is 10.5. The Bertz CT molecular complexity index is 652. The van der Waals surface area contributed by atoms with Crippen LogP contribution in [0.4, 0.5) is 5.69 Å². The van der Waals surface area contributed by atoms with E-state index in [2.05, 4.69) is 65.8 Å². The highest BCUT2D eigenvalue weighted by atomic mass is 127. The zero-order valence-corrected chi connectivity index (χ0v) is 17.3. The third-order valence-electron chi connectivity index (χ3n) is 2.77. The van der Waals surface area contributed by atoms with Crippen LogP contribution in [0.1, 0.15) is 12.5 Å². The Hall–Kier alpha value is 0.0200. The van der Waals surface area contributed by atoms with Gasteiger partial charge in [0.15, 0.2) is 0 Å². The zero-order chi connectivity index (χ0) is 15.4. The van der Waals surface area contributed by atoms with Gasteiger partial charge in [0.1, 0.15) is 5.75 Å². The lowest BCUT2D eigenvalue weighted by Gasteiger charge is -2.15. The first-order valence-corrected chi connectivity index (χ1v) is 9.35. The van der Waals surface area contributed by atoms with Gasteiger partial charge in [0.25, 0.3) is 0 Å². The van der Waals surface area contributed by atoms with Crippen LogP contribution in [-0.2, 0) is 6.54 Å². The van der Waals surface area contributed by atoms with E-state index in [1.54, 1.807) is 0 Å². The van der Waals surface area contributed by atoms with Crippen molar-refractivity contribution in [3.8, 4) is 5.75 Å². The fraction of sp³-hybridized carbons (Fsp3) is 0.200. The molecular formula is C15H13Br2ClINO. The van der Waals surface area contributed by atoms with Crippen LogP contribution >= 0.6 is 66.1 Å². The van der Waals surface area contributed by atoms with Crippen LogP contribution < -0.4 is 10.1 Å². The quantitative estimate of drug-likeness (QED) is 0.435. The van der Waals surface area contributed by atoms with Gasteiger partial charge in [0, 0.05) is 30.9 Å². The number of ether oxygens (including phenoxy) is 1. The molecule has 0 fully saturated rings. The van der Waals surface area contributed by atoms with Gasteiger partial charge >= 0.3 is 0 Å². The van der Waals surface area contributed by atoms with Crippen LogP contribution in [0.2, 0.25) is 5.02 Å². The van der Waals surface area contributed by atoms with Gasteiger partial charge in [0.2, 0.25) is 0 Å². The minimum atomic E-state index is 0.631. The van der Waals surface area contributed by atoms with E-state index >= 15 is 0 Å². The average Bonchev–Trinajstić information content (AvgIpc) is 2.41. The van der Waals surface area contributed by atoms with E-state index in [1.165, 1.54) is 0 Å². The molecule has 0 unspecified atom stereocenters. The van der Waals surface area contributed by atoms with E-state index in [-0.39, 0.29) is 0 Å². The number of nitrogens with one attached hydrogen (secondary N) is 1. The topological polar surface area (TPSA) is 21.3 Å². The molecule has 6 heteroatoms. The van der Waals surface area contributed by atoms with Gasteiger partial charge in [-0.3, -0.25) is 0 Å². The molecule has 0 radical (unpaired) electrons. The minimum Gasteiger partial charge on any atom is -0.492 e. The lowest BCUT2D eigenvalue weighted by atomic mass is 10.2. The summed E-state index contributed by atoms with van der Waals surface area (Å²) in [6.07, 6.45) is 0. The third-order valence-corrected chi connectivity index (χ3v) is 4.95. The molecule has 1 N–H and O–H groups in total. The maximum atomic E-state index is 5.98. The Balaban J connectivity index is 2.22. The Kier molecular flexibility index (Phi) is 6.65. The lowest BCUT2D eigenvalue weighted by Crippen LogP contribution is -2.05. The number of halogens is 4. The number of anilines is 1. The highest BCUT2D eigenvalue weighted by molar-refractivity contribution is 14.1. The van der Waals surface area contributed by atoms with E-state index in [0.29, 0.717) is 13.2 Å². The molecule has 0 aliphatic rings. The Morgan fingerprint density at radius 2 is 2.00 bits per heavy atom. The van der Waals surface area contributed by atoms with Crippen LogP contribution in [0.3, 0.4) is 0 Å². The summed E-state index contributed by atoms with van der Waals surface area (Å²) in [4.78, 5) is 0. The molecule has 112 valence electrons. The molecule has 21 heavy (non-hydrogen) atoms. The highest BCUT2D eigenvalue weighted by Crippen LogP contribution is 2.34. The van der Waals surface area contributed by atoms with E-state index in [4.69, 9.17) is 16.3 Å². The summed E-state index contributed by atoms with van der Waals surface area (Å²) in [5.74, 6) is 0.872. The maximum Gasteiger partial charge on any atom is 0.138 e. The van der Waals surface area contributed by atoms with Crippen LogP contribution in [0.25, 0.3) is 0 Å². The molecule has 0 saturated carbocycles. The van der Waals surface area contributed by atoms with Crippen LogP contribution in [-0.4, -0.2) is 6.61 Å². The monoisotopic (exact) mass is 543 g/mol. The molecule has 0 saturated heterocycles. The van der Waals surface area contributed by atoms with Crippen molar-refractivity contribution in [3.05, 3.63) is 53.4 Å². The molecule has 0 bridgehead atoms. The van der Waals surface area contributed by atoms with Crippen LogP contribution in [0.5, 0.6) is 5.75 Å². The smallest absolute Gasteiger partial charge is 0.138 e. The SMILES string of the molecule is CCOc1c(Br)cc(Br)cc1CNc1ccc(Cl)cc1I. The van der Waals surface area contributed by atoms with E-state index in [1.807, 2.05) is 31.2 Å². The van der Waals surface area contributed by atoms with E-state index < -0.39 is 0 Å². The van der Waals surface area contributed by atoms with Crippen molar-refractivity contribution in [2.75, 3.05) is 11.9 Å². The van der Waals surface area contributed by atoms with E-state index in [0.717, 1.165) is 34.5 Å². The van der Waals surface area contributed by atoms with Gasteiger partial charge in [-0.15, -0.1) is 0 Å². The van der Waals surface area contributed by atoms with Crippen molar-refractivity contribution in [1.82, 2.24) is 0 Å². The van der Waals surface area contributed by atoms with Crippen molar-refractivity contribution >= 4 is 71.7 Å². The first kappa shape index (κ1) is 17.4. The van der Waals surface area contributed by atoms with Crippen molar-refractivity contribution in [1.29, 1.82) is 0 Å². The summed E-state index contributed by atoms with van der Waals surface area (Å²) < 4.78 is 8.78. The predicted octanol–water partition coefficient (Wildman–Crippen LogP) is 6.48. The third kappa shape index (κ3) is 4.74. The summed E-state index contributed by atoms with van der Waals surface area (Å²) in [6.45, 7) is 3.28. The maximum absolute atomic E-state index is 5.98. The summed E-state index contributed by atoms with van der Waals surface area (Å²) in [6, 6.07) is 9.85. The number of benzene rings is 2. The molecule has 0 heterocycles. The Morgan fingerprint density at radius 1 is 1.24 bits per heavy atom. The fourth-order valence-corrected chi connectivity index (χ4v) is 4.36. The first-order chi connectivity index (χ1) is 10.0. The summed E-state index contributed by atoms with van der Waals surface area (Å²) in [5.41, 5.74) is 2.14. The molecule has 0 aliphatic carbocycles. The van der Waals surface area contributed by atoms with Gasteiger partial charge in [0.05, 0.1) is 11.1 Å². The van der Waals surface area contributed by atoms with Gasteiger partial charge in [-0.2, -0.15) is 0 Å². The minimum absolute atomic E-state index is 0.631. The summed E-state index contributed by atoms with van der Waals surface area (Å²) >= 11 is 15.3. The average molecular weight is 545 g/mol. The summed E-state index contributed by atoms with van der Waals surface area (Å²) in [7, 11) is 0. The predicted molar refractivity (Wildman–Crippen MR) is 105 cm³/mol. The van der Waals surface area contributed by atoms with Crippen molar-refractivity contribution < 1.29 is 4.74 Å². The van der Waals surface area contributed by atoms with Crippen LogP contribution in [0, 0.1) is 3.57 Å². The number of rotatable bonds is 5. The molecule has 2 aromatic carbocycles. The van der Waals surface area contributed by atoms with Crippen molar-refractivity contribution in [2.45, 2.75) is 13.5 Å². The first-order valence-electron chi connectivity index (χ1n) is 6.31. The molecule has 2 aromatic rings. The molecule has 0 aliphatic heterocycles. The standard InChI is InChI=1S/C15H13Br2ClINO/c1-2-21-15-9(5-10(16)6-12(15)17)8-20-14-4-3-11(18)7-13(14)19/h3-7,20H,2,8H2,1H3.